The molecule has 8 nitrogen and oxygen atoms in total. The van der Waals surface area contributed by atoms with Crippen molar-refractivity contribution in [3.05, 3.63) is 29.3 Å². The number of amides is 2. The number of carbonyl (C=O) groups excluding carboxylic acids is 1. The lowest BCUT2D eigenvalue weighted by Crippen LogP contribution is -2.55. The molecule has 2 aliphatic heterocycles. The summed E-state index contributed by atoms with van der Waals surface area (Å²) in [5, 5.41) is 10.9. The van der Waals surface area contributed by atoms with E-state index < -0.39 is 30.0 Å². The van der Waals surface area contributed by atoms with E-state index in [1.165, 1.54) is 0 Å². The third kappa shape index (κ3) is 3.74. The molecule has 194 valence electrons. The average molecular weight is 496 g/mol. The Hall–Kier alpha value is -2.52. The van der Waals surface area contributed by atoms with Gasteiger partial charge in [0.1, 0.15) is 11.2 Å². The first-order chi connectivity index (χ1) is 16.6. The molecule has 1 aliphatic carbocycles. The summed E-state index contributed by atoms with van der Waals surface area (Å²) in [7, 11) is -0.615. The molecule has 9 heteroatoms. The zero-order valence-electron chi connectivity index (χ0n) is 22.5. The fraction of sp³-hybridized carbons (Fsp3) is 0.630. The maximum absolute atomic E-state index is 13.7. The van der Waals surface area contributed by atoms with E-state index in [2.05, 4.69) is 0 Å². The Labute approximate surface area is 213 Å². The fourth-order valence-electron chi connectivity index (χ4n) is 6.16. The van der Waals surface area contributed by atoms with Crippen molar-refractivity contribution < 1.29 is 28.4 Å². The lowest BCUT2D eigenvalue weighted by Gasteiger charge is -2.40. The molecule has 5 rings (SSSR count). The van der Waals surface area contributed by atoms with E-state index >= 15 is 0 Å². The lowest BCUT2D eigenvalue weighted by atomic mass is 9.83. The average Bonchev–Trinajstić information content (AvgIpc) is 3.46. The molecule has 3 atom stereocenters. The van der Waals surface area contributed by atoms with Crippen LogP contribution in [0.5, 0.6) is 0 Å². The van der Waals surface area contributed by atoms with Crippen LogP contribution in [0, 0.1) is 12.8 Å². The van der Waals surface area contributed by atoms with Crippen LogP contribution in [0.4, 0.5) is 4.79 Å². The molecule has 3 heterocycles. The highest BCUT2D eigenvalue weighted by Crippen LogP contribution is 2.44. The van der Waals surface area contributed by atoms with Crippen molar-refractivity contribution in [3.8, 4) is 0 Å². The topological polar surface area (TPSA) is 92.5 Å². The van der Waals surface area contributed by atoms with Crippen LogP contribution in [-0.4, -0.2) is 69.4 Å². The van der Waals surface area contributed by atoms with E-state index in [1.807, 2.05) is 72.4 Å². The largest absolute Gasteiger partial charge is 0.533 e. The molecule has 3 aliphatic rings. The minimum absolute atomic E-state index is 0.0837. The second-order valence-corrected chi connectivity index (χ2v) is 12.6. The molecule has 36 heavy (non-hydrogen) atoms. The number of furan rings is 1. The first-order valence-corrected chi connectivity index (χ1v) is 12.8. The summed E-state index contributed by atoms with van der Waals surface area (Å²) in [5.74, 6) is 0.0680. The van der Waals surface area contributed by atoms with Crippen molar-refractivity contribution in [2.75, 3.05) is 6.54 Å². The molecule has 3 fully saturated rings. The summed E-state index contributed by atoms with van der Waals surface area (Å²) in [4.78, 5) is 29.2. The first-order valence-electron chi connectivity index (χ1n) is 12.8. The molecule has 1 saturated carbocycles. The number of aryl methyl sites for hydroxylation is 1. The monoisotopic (exact) mass is 496 g/mol. The van der Waals surface area contributed by atoms with Crippen molar-refractivity contribution in [1.29, 1.82) is 0 Å². The third-order valence-electron chi connectivity index (χ3n) is 8.72. The highest BCUT2D eigenvalue weighted by atomic mass is 16.7. The predicted octanol–water partition coefficient (Wildman–Crippen LogP) is 4.42. The van der Waals surface area contributed by atoms with E-state index in [4.69, 9.17) is 13.7 Å². The first kappa shape index (κ1) is 25.1. The molecule has 2 saturated heterocycles. The highest BCUT2D eigenvalue weighted by Gasteiger charge is 2.55. The van der Waals surface area contributed by atoms with Gasteiger partial charge in [-0.25, -0.2) is 4.79 Å². The van der Waals surface area contributed by atoms with Gasteiger partial charge in [0.05, 0.1) is 23.3 Å². The number of piperidine rings is 1. The summed E-state index contributed by atoms with van der Waals surface area (Å²) in [6.45, 7) is 16.3. The standard InChI is InChI=1S/C27H37BN2O6/c1-15-18-11-9-16(13-20(18)34-22(15)28-35-26(5,6)27(7,8)36-28)23(31)29-14-17-10-12-19(29)21(17)30(24(32)33)25(2,3)4/h9,11,13,17,19,21H,10,12,14H2,1-8H3,(H,32,33)/t17?,19?,21-/m1/s1. The Kier molecular flexibility index (Phi) is 5.58. The van der Waals surface area contributed by atoms with Crippen LogP contribution >= 0.6 is 0 Å². The van der Waals surface area contributed by atoms with Crippen LogP contribution in [0.25, 0.3) is 11.0 Å². The summed E-state index contributed by atoms with van der Waals surface area (Å²) in [5.41, 5.74) is 1.22. The predicted molar refractivity (Wildman–Crippen MR) is 138 cm³/mol. The van der Waals surface area contributed by atoms with Crippen molar-refractivity contribution >= 4 is 35.7 Å². The second kappa shape index (κ2) is 7.99. The number of likely N-dealkylation sites (tertiary alicyclic amines) is 1. The number of rotatable bonds is 3. The van der Waals surface area contributed by atoms with Crippen LogP contribution in [-0.2, 0) is 9.31 Å². The summed E-state index contributed by atoms with van der Waals surface area (Å²) in [6, 6.07) is 5.24. The quantitative estimate of drug-likeness (QED) is 0.633. The molecule has 2 unspecified atom stereocenters. The van der Waals surface area contributed by atoms with Crippen molar-refractivity contribution in [1.82, 2.24) is 9.80 Å². The van der Waals surface area contributed by atoms with E-state index in [9.17, 15) is 14.7 Å². The van der Waals surface area contributed by atoms with Gasteiger partial charge in [-0.15, -0.1) is 0 Å². The van der Waals surface area contributed by atoms with Crippen LogP contribution in [0.15, 0.2) is 22.6 Å². The molecule has 1 aromatic carbocycles. The van der Waals surface area contributed by atoms with Gasteiger partial charge in [-0.3, -0.25) is 9.69 Å². The van der Waals surface area contributed by atoms with Gasteiger partial charge in [0.15, 0.2) is 0 Å². The number of hydrogen-bond donors (Lipinski definition) is 1. The zero-order chi connectivity index (χ0) is 26.4. The SMILES string of the molecule is Cc1c(B2OC(C)(C)C(C)(C)O2)oc2cc(C(=O)N3CC4CCC3[C@@H]4N(C(=O)O)C(C)(C)C)ccc12. The van der Waals surface area contributed by atoms with E-state index in [0.717, 1.165) is 23.8 Å². The fourth-order valence-corrected chi connectivity index (χ4v) is 6.16. The molecule has 0 radical (unpaired) electrons. The van der Waals surface area contributed by atoms with Gasteiger partial charge in [-0.05, 0) is 91.8 Å². The van der Waals surface area contributed by atoms with E-state index in [-0.39, 0.29) is 23.9 Å². The smallest absolute Gasteiger partial charge is 0.465 e. The Morgan fingerprint density at radius 1 is 1.11 bits per heavy atom. The van der Waals surface area contributed by atoms with Gasteiger partial charge in [0.2, 0.25) is 0 Å². The minimum Gasteiger partial charge on any atom is -0.465 e. The zero-order valence-corrected chi connectivity index (χ0v) is 22.5. The van der Waals surface area contributed by atoms with Crippen molar-refractivity contribution in [3.63, 3.8) is 0 Å². The van der Waals surface area contributed by atoms with Gasteiger partial charge < -0.3 is 23.7 Å². The number of carboxylic acid groups (broad SMARTS) is 1. The van der Waals surface area contributed by atoms with Crippen LogP contribution in [0.3, 0.4) is 0 Å². The van der Waals surface area contributed by atoms with Gasteiger partial charge >= 0.3 is 13.2 Å². The Morgan fingerprint density at radius 2 is 1.75 bits per heavy atom. The van der Waals surface area contributed by atoms with Gasteiger partial charge in [-0.1, -0.05) is 6.07 Å². The highest BCUT2D eigenvalue weighted by molar-refractivity contribution is 6.61. The maximum Gasteiger partial charge on any atom is 0.533 e. The number of fused-ring (bicyclic) bond motifs is 3. The van der Waals surface area contributed by atoms with Crippen molar-refractivity contribution in [2.45, 2.75) is 97.1 Å². The van der Waals surface area contributed by atoms with E-state index in [0.29, 0.717) is 23.4 Å². The Bertz CT molecular complexity index is 1210. The molecule has 2 amide bonds. The van der Waals surface area contributed by atoms with Crippen LogP contribution in [0.1, 0.15) is 77.2 Å². The Morgan fingerprint density at radius 3 is 2.33 bits per heavy atom. The third-order valence-corrected chi connectivity index (χ3v) is 8.72. The normalized spacial score (nSPS) is 26.7. The Balaban J connectivity index is 1.42. The van der Waals surface area contributed by atoms with E-state index in [1.54, 1.807) is 11.0 Å². The van der Waals surface area contributed by atoms with Crippen LogP contribution < -0.4 is 5.66 Å². The molecule has 1 aromatic heterocycles. The van der Waals surface area contributed by atoms with Crippen LogP contribution in [0.2, 0.25) is 0 Å². The molecular formula is C27H37BN2O6. The number of carbonyl (C=O) groups is 2. The summed E-state index contributed by atoms with van der Waals surface area (Å²) in [6.07, 6.45) is 0.823. The van der Waals surface area contributed by atoms with Crippen molar-refractivity contribution in [2.24, 2.45) is 5.92 Å². The molecule has 0 spiro atoms. The summed E-state index contributed by atoms with van der Waals surface area (Å²) < 4.78 is 18.6. The second-order valence-electron chi connectivity index (χ2n) is 12.6. The molecule has 1 N–H and O–H groups in total. The molecular weight excluding hydrogens is 459 g/mol. The lowest BCUT2D eigenvalue weighted by molar-refractivity contribution is 0.00578. The molecule has 2 bridgehead atoms. The number of benzene rings is 1. The number of nitrogens with zero attached hydrogens (tertiary/aromatic N) is 2. The molecule has 2 aromatic rings. The number of hydrogen-bond acceptors (Lipinski definition) is 5. The van der Waals surface area contributed by atoms with Gasteiger partial charge in [0.25, 0.3) is 5.91 Å². The summed E-state index contributed by atoms with van der Waals surface area (Å²) >= 11 is 0. The minimum atomic E-state index is -0.929. The van der Waals surface area contributed by atoms with Gasteiger partial charge in [-0.2, -0.15) is 0 Å². The van der Waals surface area contributed by atoms with Gasteiger partial charge in [0, 0.05) is 23.0 Å². The maximum atomic E-state index is 13.7.